The number of hydrogen-bond donors (Lipinski definition) is 1. The number of hydrogen-bond acceptors (Lipinski definition) is 6. The van der Waals surface area contributed by atoms with Crippen molar-refractivity contribution in [1.29, 1.82) is 0 Å². The van der Waals surface area contributed by atoms with Crippen LogP contribution in [0, 0.1) is 0 Å². The maximum atomic E-state index is 12.4. The molecule has 1 amide bonds. The molecule has 0 bridgehead atoms. The Kier molecular flexibility index (Phi) is 4.63. The van der Waals surface area contributed by atoms with Crippen molar-refractivity contribution in [2.24, 2.45) is 0 Å². The van der Waals surface area contributed by atoms with Crippen LogP contribution in [0.4, 0.5) is 5.69 Å². The van der Waals surface area contributed by atoms with Gasteiger partial charge in [0, 0.05) is 11.5 Å². The van der Waals surface area contributed by atoms with E-state index < -0.39 is 5.97 Å². The van der Waals surface area contributed by atoms with E-state index in [1.54, 1.807) is 30.3 Å². The van der Waals surface area contributed by atoms with Gasteiger partial charge in [-0.05, 0) is 24.3 Å². The van der Waals surface area contributed by atoms with Gasteiger partial charge in [0.25, 0.3) is 0 Å². The number of para-hydroxylation sites is 2. The van der Waals surface area contributed by atoms with Crippen molar-refractivity contribution in [2.45, 2.75) is 6.42 Å². The summed E-state index contributed by atoms with van der Waals surface area (Å²) in [7, 11) is 1.29. The van der Waals surface area contributed by atoms with Crippen molar-refractivity contribution in [3.8, 4) is 11.5 Å². The zero-order chi connectivity index (χ0) is 19.5. The third kappa shape index (κ3) is 3.50. The topological polar surface area (TPSA) is 94.6 Å². The van der Waals surface area contributed by atoms with E-state index >= 15 is 0 Å². The predicted octanol–water partition coefficient (Wildman–Crippen LogP) is 4.06. The molecule has 4 aromatic rings. The summed E-state index contributed by atoms with van der Waals surface area (Å²) in [6.45, 7) is 0. The SMILES string of the molecule is COC(=O)c1ccccc1NC(=O)Cc1cc(-c2cc3ccccc3o2)on1. The van der Waals surface area contributed by atoms with Crippen LogP contribution >= 0.6 is 0 Å². The molecule has 4 rings (SSSR count). The molecule has 0 atom stereocenters. The fraction of sp³-hybridized carbons (Fsp3) is 0.0952. The Balaban J connectivity index is 1.48. The Morgan fingerprint density at radius 1 is 1.04 bits per heavy atom. The second-order valence-corrected chi connectivity index (χ2v) is 6.09. The standard InChI is InChI=1S/C21H16N2O5/c1-26-21(25)15-7-3-4-8-16(15)22-20(24)12-14-11-19(28-23-14)18-10-13-6-2-5-9-17(13)27-18/h2-11H,12H2,1H3,(H,22,24). The van der Waals surface area contributed by atoms with E-state index in [9.17, 15) is 9.59 Å². The fourth-order valence-corrected chi connectivity index (χ4v) is 2.85. The molecule has 2 heterocycles. The van der Waals surface area contributed by atoms with Crippen LogP contribution in [0.5, 0.6) is 0 Å². The number of fused-ring (bicyclic) bond motifs is 1. The molecule has 140 valence electrons. The number of rotatable bonds is 5. The minimum Gasteiger partial charge on any atom is -0.465 e. The first-order chi connectivity index (χ1) is 13.6. The van der Waals surface area contributed by atoms with Gasteiger partial charge in [0.1, 0.15) is 5.58 Å². The first-order valence-electron chi connectivity index (χ1n) is 8.56. The second kappa shape index (κ2) is 7.40. The van der Waals surface area contributed by atoms with Crippen LogP contribution in [0.1, 0.15) is 16.1 Å². The van der Waals surface area contributed by atoms with Gasteiger partial charge in [0.2, 0.25) is 11.7 Å². The minimum absolute atomic E-state index is 0.0146. The second-order valence-electron chi connectivity index (χ2n) is 6.09. The molecule has 7 nitrogen and oxygen atoms in total. The highest BCUT2D eigenvalue weighted by atomic mass is 16.5. The molecule has 7 heteroatoms. The number of nitrogens with one attached hydrogen (secondary N) is 1. The number of carbonyl (C=O) groups is 2. The van der Waals surface area contributed by atoms with Gasteiger partial charge in [0.15, 0.2) is 5.76 Å². The lowest BCUT2D eigenvalue weighted by Gasteiger charge is -2.08. The molecule has 2 aromatic carbocycles. The largest absolute Gasteiger partial charge is 0.465 e. The third-order valence-electron chi connectivity index (χ3n) is 4.18. The molecule has 0 aliphatic carbocycles. The molecular weight excluding hydrogens is 360 g/mol. The number of nitrogens with zero attached hydrogens (tertiary/aromatic N) is 1. The van der Waals surface area contributed by atoms with E-state index in [1.165, 1.54) is 7.11 Å². The third-order valence-corrected chi connectivity index (χ3v) is 4.18. The van der Waals surface area contributed by atoms with Gasteiger partial charge in [-0.15, -0.1) is 0 Å². The first kappa shape index (κ1) is 17.5. The predicted molar refractivity (Wildman–Crippen MR) is 102 cm³/mol. The van der Waals surface area contributed by atoms with Crippen molar-refractivity contribution < 1.29 is 23.3 Å². The average Bonchev–Trinajstić information content (AvgIpc) is 3.34. The van der Waals surface area contributed by atoms with Gasteiger partial charge < -0.3 is 19.0 Å². The summed E-state index contributed by atoms with van der Waals surface area (Å²) in [6.07, 6.45) is -0.0146. The highest BCUT2D eigenvalue weighted by Crippen LogP contribution is 2.28. The molecule has 0 radical (unpaired) electrons. The lowest BCUT2D eigenvalue weighted by Crippen LogP contribution is -2.17. The summed E-state index contributed by atoms with van der Waals surface area (Å²) >= 11 is 0. The molecule has 0 fully saturated rings. The quantitative estimate of drug-likeness (QED) is 0.528. The minimum atomic E-state index is -0.524. The Labute approximate surface area is 159 Å². The summed E-state index contributed by atoms with van der Waals surface area (Å²) in [5.41, 5.74) is 1.85. The van der Waals surface area contributed by atoms with E-state index in [1.807, 2.05) is 30.3 Å². The summed E-state index contributed by atoms with van der Waals surface area (Å²) in [4.78, 5) is 24.2. The normalized spacial score (nSPS) is 10.8. The first-order valence-corrected chi connectivity index (χ1v) is 8.56. The average molecular weight is 376 g/mol. The fourth-order valence-electron chi connectivity index (χ4n) is 2.85. The van der Waals surface area contributed by atoms with Crippen LogP contribution < -0.4 is 5.32 Å². The monoisotopic (exact) mass is 376 g/mol. The highest BCUT2D eigenvalue weighted by Gasteiger charge is 2.16. The number of amides is 1. The lowest BCUT2D eigenvalue weighted by molar-refractivity contribution is -0.115. The number of furan rings is 1. The molecule has 2 aromatic heterocycles. The van der Waals surface area contributed by atoms with Gasteiger partial charge >= 0.3 is 5.97 Å². The number of methoxy groups -OCH3 is 1. The highest BCUT2D eigenvalue weighted by molar-refractivity contribution is 6.01. The van der Waals surface area contributed by atoms with E-state index in [2.05, 4.69) is 10.5 Å². The Morgan fingerprint density at radius 3 is 2.64 bits per heavy atom. The number of ether oxygens (including phenoxy) is 1. The molecule has 0 saturated carbocycles. The van der Waals surface area contributed by atoms with Crippen molar-refractivity contribution in [1.82, 2.24) is 5.16 Å². The zero-order valence-corrected chi connectivity index (χ0v) is 15.0. The van der Waals surface area contributed by atoms with Crippen molar-refractivity contribution >= 4 is 28.5 Å². The zero-order valence-electron chi connectivity index (χ0n) is 15.0. The molecule has 0 spiro atoms. The molecule has 0 aliphatic heterocycles. The van der Waals surface area contributed by atoms with Crippen LogP contribution in [-0.2, 0) is 16.0 Å². The van der Waals surface area contributed by atoms with Crippen molar-refractivity contribution in [2.75, 3.05) is 12.4 Å². The number of esters is 1. The number of benzene rings is 2. The maximum Gasteiger partial charge on any atom is 0.339 e. The van der Waals surface area contributed by atoms with Gasteiger partial charge in [-0.1, -0.05) is 35.5 Å². The molecular formula is C21H16N2O5. The van der Waals surface area contributed by atoms with E-state index in [0.717, 1.165) is 11.0 Å². The molecule has 0 unspecified atom stereocenters. The summed E-state index contributed by atoms with van der Waals surface area (Å²) in [5.74, 6) is 0.121. The molecule has 28 heavy (non-hydrogen) atoms. The van der Waals surface area contributed by atoms with Crippen molar-refractivity contribution in [3.63, 3.8) is 0 Å². The van der Waals surface area contributed by atoms with Crippen LogP contribution in [-0.4, -0.2) is 24.1 Å². The van der Waals surface area contributed by atoms with Crippen LogP contribution in [0.2, 0.25) is 0 Å². The number of aromatic nitrogens is 1. The Morgan fingerprint density at radius 2 is 1.82 bits per heavy atom. The Hall–Kier alpha value is -3.87. The number of anilines is 1. The van der Waals surface area contributed by atoms with Gasteiger partial charge in [-0.3, -0.25) is 4.79 Å². The van der Waals surface area contributed by atoms with Crippen LogP contribution in [0.3, 0.4) is 0 Å². The lowest BCUT2D eigenvalue weighted by atomic mass is 10.1. The summed E-state index contributed by atoms with van der Waals surface area (Å²) < 4.78 is 15.8. The van der Waals surface area contributed by atoms with E-state index in [0.29, 0.717) is 22.9 Å². The molecule has 0 saturated heterocycles. The molecule has 1 N–H and O–H groups in total. The van der Waals surface area contributed by atoms with Gasteiger partial charge in [-0.25, -0.2) is 4.79 Å². The van der Waals surface area contributed by atoms with E-state index in [4.69, 9.17) is 13.7 Å². The van der Waals surface area contributed by atoms with Crippen LogP contribution in [0.25, 0.3) is 22.5 Å². The summed E-state index contributed by atoms with van der Waals surface area (Å²) in [6, 6.07) is 17.7. The summed E-state index contributed by atoms with van der Waals surface area (Å²) in [5, 5.41) is 7.58. The van der Waals surface area contributed by atoms with E-state index in [-0.39, 0.29) is 17.9 Å². The number of carbonyl (C=O) groups excluding carboxylic acids is 2. The van der Waals surface area contributed by atoms with Gasteiger partial charge in [0.05, 0.1) is 30.5 Å². The van der Waals surface area contributed by atoms with Gasteiger partial charge in [-0.2, -0.15) is 0 Å². The Bertz CT molecular complexity index is 1130. The van der Waals surface area contributed by atoms with Crippen molar-refractivity contribution in [3.05, 3.63) is 71.9 Å². The molecule has 0 aliphatic rings. The maximum absolute atomic E-state index is 12.4. The smallest absolute Gasteiger partial charge is 0.339 e. The van der Waals surface area contributed by atoms with Crippen LogP contribution in [0.15, 0.2) is 69.6 Å².